The third-order valence-corrected chi connectivity index (χ3v) is 6.43. The summed E-state index contributed by atoms with van der Waals surface area (Å²) in [4.78, 5) is 15.6. The second-order valence-electron chi connectivity index (χ2n) is 8.41. The van der Waals surface area contributed by atoms with Crippen LogP contribution in [0.5, 0.6) is 0 Å². The maximum atomic E-state index is 13.4. The fraction of sp³-hybridized carbons (Fsp3) is 0.565. The Kier molecular flexibility index (Phi) is 5.81. The molecule has 2 fully saturated rings. The average molecular weight is 382 g/mol. The number of rotatable bonds is 5. The monoisotopic (exact) mass is 381 g/mol. The lowest BCUT2D eigenvalue weighted by atomic mass is 9.80. The third-order valence-electron chi connectivity index (χ3n) is 6.43. The summed E-state index contributed by atoms with van der Waals surface area (Å²) in [7, 11) is 1.90. The second kappa shape index (κ2) is 8.48. The molecule has 2 heterocycles. The molecule has 5 nitrogen and oxygen atoms in total. The van der Waals surface area contributed by atoms with Crippen molar-refractivity contribution in [1.82, 2.24) is 14.7 Å². The number of hydrogen-bond donors (Lipinski definition) is 0. The highest BCUT2D eigenvalue weighted by Crippen LogP contribution is 2.36. The average Bonchev–Trinajstić information content (AvgIpc) is 3.36. The van der Waals surface area contributed by atoms with Gasteiger partial charge in [0.1, 0.15) is 0 Å². The van der Waals surface area contributed by atoms with Crippen molar-refractivity contribution < 1.29 is 9.53 Å². The molecule has 150 valence electrons. The molecule has 1 aliphatic carbocycles. The van der Waals surface area contributed by atoms with Crippen LogP contribution < -0.4 is 0 Å². The quantitative estimate of drug-likeness (QED) is 0.788. The Hall–Kier alpha value is -2.14. The molecule has 1 saturated heterocycles. The molecule has 1 aromatic heterocycles. The van der Waals surface area contributed by atoms with E-state index in [1.807, 2.05) is 20.0 Å². The number of carbonyl (C=O) groups excluding carboxylic acids is 1. The van der Waals surface area contributed by atoms with Crippen molar-refractivity contribution in [2.24, 2.45) is 13.0 Å². The first kappa shape index (κ1) is 19.2. The Morgan fingerprint density at radius 3 is 2.75 bits per heavy atom. The van der Waals surface area contributed by atoms with Crippen molar-refractivity contribution >= 4 is 5.91 Å². The zero-order valence-electron chi connectivity index (χ0n) is 17.0. The summed E-state index contributed by atoms with van der Waals surface area (Å²) < 4.78 is 7.38. The van der Waals surface area contributed by atoms with E-state index in [4.69, 9.17) is 4.74 Å². The minimum atomic E-state index is 0.0781. The summed E-state index contributed by atoms with van der Waals surface area (Å²) in [6, 6.07) is 13.0. The van der Waals surface area contributed by atoms with Gasteiger partial charge < -0.3 is 9.64 Å². The maximum Gasteiger partial charge on any atom is 0.274 e. The maximum absolute atomic E-state index is 13.4. The number of benzene rings is 1. The van der Waals surface area contributed by atoms with Gasteiger partial charge in [0.25, 0.3) is 5.91 Å². The Morgan fingerprint density at radius 2 is 2.07 bits per heavy atom. The van der Waals surface area contributed by atoms with E-state index < -0.39 is 0 Å². The van der Waals surface area contributed by atoms with E-state index in [0.717, 1.165) is 51.1 Å². The standard InChI is InChI=1S/C23H31N3O2/c1-17-13-22(24-25(17)2)23(27)26(15-18-11-12-28-16-18)21-10-6-9-20(14-21)19-7-4-3-5-8-19/h3-5,7-8,13,18,20-21H,6,9-12,14-16H2,1-2H3. The lowest BCUT2D eigenvalue weighted by Gasteiger charge is -2.38. The highest BCUT2D eigenvalue weighted by Gasteiger charge is 2.34. The molecule has 3 atom stereocenters. The van der Waals surface area contributed by atoms with Crippen LogP contribution in [-0.4, -0.2) is 46.4 Å². The summed E-state index contributed by atoms with van der Waals surface area (Å²) in [5.74, 6) is 1.04. The number of ether oxygens (including phenoxy) is 1. The van der Waals surface area contributed by atoms with Gasteiger partial charge in [0.2, 0.25) is 0 Å². The lowest BCUT2D eigenvalue weighted by Crippen LogP contribution is -2.45. The van der Waals surface area contributed by atoms with Crippen LogP contribution in [0.1, 0.15) is 59.8 Å². The molecular weight excluding hydrogens is 350 g/mol. The fourth-order valence-corrected chi connectivity index (χ4v) is 4.69. The summed E-state index contributed by atoms with van der Waals surface area (Å²) in [6.07, 6.45) is 5.53. The van der Waals surface area contributed by atoms with Gasteiger partial charge in [-0.15, -0.1) is 0 Å². The Bertz CT molecular complexity index is 776. The molecule has 1 aromatic carbocycles. The van der Waals surface area contributed by atoms with E-state index in [-0.39, 0.29) is 11.9 Å². The van der Waals surface area contributed by atoms with Crippen LogP contribution in [0.3, 0.4) is 0 Å². The van der Waals surface area contributed by atoms with E-state index >= 15 is 0 Å². The first-order chi connectivity index (χ1) is 13.6. The van der Waals surface area contributed by atoms with Crippen LogP contribution in [-0.2, 0) is 11.8 Å². The van der Waals surface area contributed by atoms with Gasteiger partial charge in [0, 0.05) is 37.9 Å². The molecule has 0 N–H and O–H groups in total. The first-order valence-corrected chi connectivity index (χ1v) is 10.6. The van der Waals surface area contributed by atoms with Gasteiger partial charge in [0.05, 0.1) is 6.61 Å². The summed E-state index contributed by atoms with van der Waals surface area (Å²) in [6.45, 7) is 4.35. The SMILES string of the molecule is Cc1cc(C(=O)N(CC2CCOC2)C2CCCC(c3ccccc3)C2)nn1C. The largest absolute Gasteiger partial charge is 0.381 e. The third kappa shape index (κ3) is 4.14. The van der Waals surface area contributed by atoms with Gasteiger partial charge in [-0.1, -0.05) is 36.8 Å². The topological polar surface area (TPSA) is 47.4 Å². The molecule has 1 saturated carbocycles. The van der Waals surface area contributed by atoms with Crippen LogP contribution in [0.2, 0.25) is 0 Å². The minimum absolute atomic E-state index is 0.0781. The van der Waals surface area contributed by atoms with Gasteiger partial charge >= 0.3 is 0 Å². The molecule has 4 rings (SSSR count). The Morgan fingerprint density at radius 1 is 1.25 bits per heavy atom. The Balaban J connectivity index is 1.56. The first-order valence-electron chi connectivity index (χ1n) is 10.6. The highest BCUT2D eigenvalue weighted by molar-refractivity contribution is 5.92. The summed E-state index contributed by atoms with van der Waals surface area (Å²) in [5.41, 5.74) is 2.98. The molecule has 3 unspecified atom stereocenters. The minimum Gasteiger partial charge on any atom is -0.381 e. The number of nitrogens with zero attached hydrogens (tertiary/aromatic N) is 3. The van der Waals surface area contributed by atoms with Crippen LogP contribution in [0.25, 0.3) is 0 Å². The van der Waals surface area contributed by atoms with Gasteiger partial charge in [-0.2, -0.15) is 5.10 Å². The van der Waals surface area contributed by atoms with Crippen LogP contribution in [0, 0.1) is 12.8 Å². The number of aromatic nitrogens is 2. The normalized spacial score (nSPS) is 25.0. The number of aryl methyl sites for hydroxylation is 2. The molecule has 2 aromatic rings. The molecule has 5 heteroatoms. The Labute approximate surface area is 167 Å². The van der Waals surface area contributed by atoms with Crippen molar-refractivity contribution in [3.05, 3.63) is 53.3 Å². The van der Waals surface area contributed by atoms with Gasteiger partial charge in [-0.05, 0) is 50.2 Å². The van der Waals surface area contributed by atoms with Gasteiger partial charge in [-0.3, -0.25) is 9.48 Å². The molecule has 1 aliphatic heterocycles. The van der Waals surface area contributed by atoms with Crippen molar-refractivity contribution in [1.29, 1.82) is 0 Å². The molecular formula is C23H31N3O2. The second-order valence-corrected chi connectivity index (χ2v) is 8.41. The summed E-state index contributed by atoms with van der Waals surface area (Å²) >= 11 is 0. The number of carbonyl (C=O) groups is 1. The van der Waals surface area contributed by atoms with E-state index in [1.165, 1.54) is 12.0 Å². The van der Waals surface area contributed by atoms with Crippen molar-refractivity contribution in [3.8, 4) is 0 Å². The zero-order valence-corrected chi connectivity index (χ0v) is 17.0. The van der Waals surface area contributed by atoms with E-state index in [0.29, 0.717) is 17.5 Å². The van der Waals surface area contributed by atoms with Crippen molar-refractivity contribution in [2.45, 2.75) is 51.0 Å². The van der Waals surface area contributed by atoms with Crippen LogP contribution in [0.4, 0.5) is 0 Å². The smallest absolute Gasteiger partial charge is 0.274 e. The molecule has 2 aliphatic rings. The van der Waals surface area contributed by atoms with Gasteiger partial charge in [0.15, 0.2) is 5.69 Å². The van der Waals surface area contributed by atoms with Crippen molar-refractivity contribution in [3.63, 3.8) is 0 Å². The van der Waals surface area contributed by atoms with Crippen LogP contribution in [0.15, 0.2) is 36.4 Å². The lowest BCUT2D eigenvalue weighted by molar-refractivity contribution is 0.0563. The number of amides is 1. The molecule has 0 radical (unpaired) electrons. The highest BCUT2D eigenvalue weighted by atomic mass is 16.5. The van der Waals surface area contributed by atoms with E-state index in [9.17, 15) is 4.79 Å². The molecule has 28 heavy (non-hydrogen) atoms. The molecule has 0 bridgehead atoms. The predicted molar refractivity (Wildman–Crippen MR) is 109 cm³/mol. The van der Waals surface area contributed by atoms with Gasteiger partial charge in [-0.25, -0.2) is 0 Å². The zero-order chi connectivity index (χ0) is 19.5. The van der Waals surface area contributed by atoms with E-state index in [1.54, 1.807) is 4.68 Å². The van der Waals surface area contributed by atoms with Crippen molar-refractivity contribution in [2.75, 3.05) is 19.8 Å². The van der Waals surface area contributed by atoms with Crippen LogP contribution >= 0.6 is 0 Å². The summed E-state index contributed by atoms with van der Waals surface area (Å²) in [5, 5.41) is 4.47. The molecule has 1 amide bonds. The number of hydrogen-bond acceptors (Lipinski definition) is 3. The predicted octanol–water partition coefficient (Wildman–Crippen LogP) is 3.93. The molecule has 0 spiro atoms. The fourth-order valence-electron chi connectivity index (χ4n) is 4.69. The van der Waals surface area contributed by atoms with E-state index in [2.05, 4.69) is 40.3 Å².